The molecule has 0 aliphatic rings. The molecule has 0 saturated heterocycles. The fraction of sp³-hybridized carbons (Fsp3) is 0.182. The number of aliphatic hydroxyl groups excluding tert-OH is 1. The highest BCUT2D eigenvalue weighted by Crippen LogP contribution is 2.13. The lowest BCUT2D eigenvalue weighted by Crippen LogP contribution is -1.99. The zero-order valence-corrected chi connectivity index (χ0v) is 10.1. The van der Waals surface area contributed by atoms with E-state index in [0.717, 1.165) is 16.1 Å². The van der Waals surface area contributed by atoms with Crippen LogP contribution in [0.4, 0.5) is 5.82 Å². The molecule has 4 nitrogen and oxygen atoms in total. The molecular formula is C11H11BrN2O2. The average molecular weight is 283 g/mol. The molecule has 2 rings (SSSR count). The maximum Gasteiger partial charge on any atom is 0.129 e. The van der Waals surface area contributed by atoms with Crippen LogP contribution >= 0.6 is 15.9 Å². The molecule has 84 valence electrons. The Morgan fingerprint density at radius 3 is 2.69 bits per heavy atom. The summed E-state index contributed by atoms with van der Waals surface area (Å²) in [7, 11) is 0. The second-order valence-electron chi connectivity index (χ2n) is 3.24. The fourth-order valence-electron chi connectivity index (χ4n) is 1.26. The number of halogens is 1. The highest BCUT2D eigenvalue weighted by atomic mass is 79.9. The van der Waals surface area contributed by atoms with E-state index in [2.05, 4.69) is 26.2 Å². The van der Waals surface area contributed by atoms with Crippen molar-refractivity contribution in [3.63, 3.8) is 0 Å². The third-order valence-electron chi connectivity index (χ3n) is 2.04. The molecule has 0 saturated carbocycles. The topological polar surface area (TPSA) is 58.3 Å². The Balaban J connectivity index is 1.94. The molecule has 0 aromatic carbocycles. The molecule has 2 aromatic rings. The van der Waals surface area contributed by atoms with Gasteiger partial charge in [-0.1, -0.05) is 0 Å². The van der Waals surface area contributed by atoms with E-state index in [4.69, 9.17) is 9.52 Å². The summed E-state index contributed by atoms with van der Waals surface area (Å²) in [6.45, 7) is 0.477. The first-order chi connectivity index (χ1) is 7.78. The van der Waals surface area contributed by atoms with E-state index in [-0.39, 0.29) is 6.61 Å². The Labute approximate surface area is 101 Å². The number of nitrogens with one attached hydrogen (secondary N) is 1. The van der Waals surface area contributed by atoms with Gasteiger partial charge in [0.05, 0.1) is 6.54 Å². The van der Waals surface area contributed by atoms with Crippen molar-refractivity contribution >= 4 is 21.7 Å². The molecule has 0 atom stereocenters. The number of anilines is 1. The first kappa shape index (κ1) is 11.2. The lowest BCUT2D eigenvalue weighted by atomic mass is 10.4. The number of pyridine rings is 1. The Bertz CT molecular complexity index is 453. The summed E-state index contributed by atoms with van der Waals surface area (Å²) in [4.78, 5) is 4.17. The van der Waals surface area contributed by atoms with E-state index in [1.807, 2.05) is 18.2 Å². The van der Waals surface area contributed by atoms with E-state index in [1.165, 1.54) is 0 Å². The van der Waals surface area contributed by atoms with Gasteiger partial charge in [-0.15, -0.1) is 0 Å². The first-order valence-electron chi connectivity index (χ1n) is 4.82. The number of furan rings is 1. The van der Waals surface area contributed by atoms with E-state index < -0.39 is 0 Å². The van der Waals surface area contributed by atoms with Crippen LogP contribution < -0.4 is 5.32 Å². The molecule has 0 bridgehead atoms. The molecule has 2 N–H and O–H groups in total. The van der Waals surface area contributed by atoms with E-state index in [1.54, 1.807) is 12.3 Å². The Kier molecular flexibility index (Phi) is 3.58. The Morgan fingerprint density at radius 1 is 1.25 bits per heavy atom. The van der Waals surface area contributed by atoms with Crippen molar-refractivity contribution in [2.24, 2.45) is 0 Å². The molecule has 0 fully saturated rings. The molecular weight excluding hydrogens is 272 g/mol. The number of nitrogens with zero attached hydrogens (tertiary/aromatic N) is 1. The Morgan fingerprint density at radius 2 is 2.06 bits per heavy atom. The van der Waals surface area contributed by atoms with Gasteiger partial charge in [-0.2, -0.15) is 0 Å². The number of rotatable bonds is 4. The van der Waals surface area contributed by atoms with Crippen molar-refractivity contribution in [2.75, 3.05) is 5.32 Å². The quantitative estimate of drug-likeness (QED) is 0.905. The van der Waals surface area contributed by atoms with Crippen LogP contribution in [0.15, 0.2) is 39.4 Å². The third-order valence-corrected chi connectivity index (χ3v) is 2.51. The molecule has 0 aliphatic carbocycles. The van der Waals surface area contributed by atoms with Crippen molar-refractivity contribution in [3.05, 3.63) is 46.5 Å². The summed E-state index contributed by atoms with van der Waals surface area (Å²) in [6.07, 6.45) is 1.73. The number of aromatic nitrogens is 1. The molecule has 16 heavy (non-hydrogen) atoms. The fourth-order valence-corrected chi connectivity index (χ4v) is 1.49. The molecule has 5 heteroatoms. The lowest BCUT2D eigenvalue weighted by molar-refractivity contribution is 0.244. The second kappa shape index (κ2) is 5.14. The van der Waals surface area contributed by atoms with Crippen molar-refractivity contribution < 1.29 is 9.52 Å². The van der Waals surface area contributed by atoms with Crippen molar-refractivity contribution in [2.45, 2.75) is 13.2 Å². The average Bonchev–Trinajstić information content (AvgIpc) is 2.76. The minimum atomic E-state index is -0.0729. The maximum absolute atomic E-state index is 8.84. The number of hydrogen-bond donors (Lipinski definition) is 2. The predicted octanol–water partition coefficient (Wildman–Crippen LogP) is 2.54. The minimum absolute atomic E-state index is 0.0729. The molecule has 0 aliphatic heterocycles. The molecule has 0 unspecified atom stereocenters. The first-order valence-corrected chi connectivity index (χ1v) is 5.61. The SMILES string of the molecule is OCc1ccc(CNc2ccc(Br)cn2)o1. The third kappa shape index (κ3) is 2.84. The molecule has 2 heterocycles. The predicted molar refractivity (Wildman–Crippen MR) is 63.9 cm³/mol. The van der Waals surface area contributed by atoms with Crippen LogP contribution in [0, 0.1) is 0 Å². The van der Waals surface area contributed by atoms with Gasteiger partial charge >= 0.3 is 0 Å². The van der Waals surface area contributed by atoms with Crippen LogP contribution in [0.5, 0.6) is 0 Å². The van der Waals surface area contributed by atoms with Gasteiger partial charge in [0.1, 0.15) is 23.9 Å². The normalized spacial score (nSPS) is 10.4. The summed E-state index contributed by atoms with van der Waals surface area (Å²) < 4.78 is 6.27. The Hall–Kier alpha value is -1.33. The summed E-state index contributed by atoms with van der Waals surface area (Å²) in [6, 6.07) is 7.38. The van der Waals surface area contributed by atoms with Crippen molar-refractivity contribution in [3.8, 4) is 0 Å². The molecule has 0 spiro atoms. The standard InChI is InChI=1S/C11H11BrN2O2/c12-8-1-4-11(13-5-8)14-6-9-2-3-10(7-15)16-9/h1-5,15H,6-7H2,(H,13,14). The van der Waals surface area contributed by atoms with E-state index in [0.29, 0.717) is 12.3 Å². The van der Waals surface area contributed by atoms with Crippen LogP contribution in [0.1, 0.15) is 11.5 Å². The van der Waals surface area contributed by atoms with Gasteiger partial charge in [-0.3, -0.25) is 0 Å². The second-order valence-corrected chi connectivity index (χ2v) is 4.16. The minimum Gasteiger partial charge on any atom is -0.462 e. The lowest BCUT2D eigenvalue weighted by Gasteiger charge is -2.02. The highest BCUT2D eigenvalue weighted by Gasteiger charge is 2.01. The van der Waals surface area contributed by atoms with Crippen molar-refractivity contribution in [1.29, 1.82) is 0 Å². The van der Waals surface area contributed by atoms with Gasteiger partial charge in [0.25, 0.3) is 0 Å². The van der Waals surface area contributed by atoms with Gasteiger partial charge in [0.2, 0.25) is 0 Å². The van der Waals surface area contributed by atoms with Gasteiger partial charge < -0.3 is 14.8 Å². The summed E-state index contributed by atoms with van der Waals surface area (Å²) >= 11 is 3.32. The largest absolute Gasteiger partial charge is 0.462 e. The highest BCUT2D eigenvalue weighted by molar-refractivity contribution is 9.10. The maximum atomic E-state index is 8.84. The number of aliphatic hydroxyl groups is 1. The van der Waals surface area contributed by atoms with Crippen LogP contribution in [-0.4, -0.2) is 10.1 Å². The van der Waals surface area contributed by atoms with Gasteiger partial charge in [-0.05, 0) is 40.2 Å². The van der Waals surface area contributed by atoms with Crippen LogP contribution in [0.2, 0.25) is 0 Å². The molecule has 0 radical (unpaired) electrons. The van der Waals surface area contributed by atoms with Crippen LogP contribution in [-0.2, 0) is 13.2 Å². The van der Waals surface area contributed by atoms with Gasteiger partial charge in [-0.25, -0.2) is 4.98 Å². The van der Waals surface area contributed by atoms with E-state index in [9.17, 15) is 0 Å². The zero-order valence-electron chi connectivity index (χ0n) is 8.48. The summed E-state index contributed by atoms with van der Waals surface area (Å²) in [5.74, 6) is 2.12. The molecule has 0 amide bonds. The summed E-state index contributed by atoms with van der Waals surface area (Å²) in [5, 5.41) is 12.0. The monoisotopic (exact) mass is 282 g/mol. The number of hydrogen-bond acceptors (Lipinski definition) is 4. The van der Waals surface area contributed by atoms with Crippen LogP contribution in [0.25, 0.3) is 0 Å². The molecule has 2 aromatic heterocycles. The van der Waals surface area contributed by atoms with Crippen LogP contribution in [0.3, 0.4) is 0 Å². The zero-order chi connectivity index (χ0) is 11.4. The smallest absolute Gasteiger partial charge is 0.129 e. The van der Waals surface area contributed by atoms with E-state index >= 15 is 0 Å². The van der Waals surface area contributed by atoms with Gasteiger partial charge in [0.15, 0.2) is 0 Å². The summed E-state index contributed by atoms with van der Waals surface area (Å²) in [5.41, 5.74) is 0. The van der Waals surface area contributed by atoms with Gasteiger partial charge in [0, 0.05) is 10.7 Å². The van der Waals surface area contributed by atoms with Crippen molar-refractivity contribution in [1.82, 2.24) is 4.98 Å².